The van der Waals surface area contributed by atoms with Gasteiger partial charge in [0, 0.05) is 32.1 Å². The summed E-state index contributed by atoms with van der Waals surface area (Å²) in [7, 11) is 1.75. The highest BCUT2D eigenvalue weighted by molar-refractivity contribution is 5.82. The number of imidazole rings is 1. The zero-order chi connectivity index (χ0) is 17.0. The maximum absolute atomic E-state index is 12.3. The van der Waals surface area contributed by atoms with Gasteiger partial charge in [-0.3, -0.25) is 4.57 Å². The first-order chi connectivity index (χ1) is 12.2. The van der Waals surface area contributed by atoms with Gasteiger partial charge in [-0.2, -0.15) is 5.10 Å². The minimum atomic E-state index is 0.0231. The molecule has 0 spiro atoms. The van der Waals surface area contributed by atoms with Crippen molar-refractivity contribution in [2.75, 3.05) is 18.0 Å². The Kier molecular flexibility index (Phi) is 3.16. The number of nitrogens with zero attached hydrogens (tertiary/aromatic N) is 7. The highest BCUT2D eigenvalue weighted by atomic mass is 16.2. The van der Waals surface area contributed by atoms with E-state index in [2.05, 4.69) is 29.9 Å². The molecule has 130 valence electrons. The summed E-state index contributed by atoms with van der Waals surface area (Å²) in [6, 6.07) is 0.362. The maximum Gasteiger partial charge on any atom is 0.345 e. The lowest BCUT2D eigenvalue weighted by molar-refractivity contribution is 0.461. The van der Waals surface area contributed by atoms with E-state index in [9.17, 15) is 4.79 Å². The summed E-state index contributed by atoms with van der Waals surface area (Å²) < 4.78 is 3.41. The molecule has 1 aliphatic heterocycles. The summed E-state index contributed by atoms with van der Waals surface area (Å²) in [4.78, 5) is 30.6. The van der Waals surface area contributed by atoms with Crippen LogP contribution in [-0.2, 0) is 7.05 Å². The number of piperidine rings is 1. The van der Waals surface area contributed by atoms with Crippen molar-refractivity contribution in [3.8, 4) is 0 Å². The first kappa shape index (κ1) is 14.6. The van der Waals surface area contributed by atoms with Gasteiger partial charge in [-0.15, -0.1) is 0 Å². The first-order valence-corrected chi connectivity index (χ1v) is 8.77. The van der Waals surface area contributed by atoms with E-state index < -0.39 is 0 Å². The molecular formula is C16H20N8O. The first-order valence-electron chi connectivity index (χ1n) is 8.77. The van der Waals surface area contributed by atoms with Crippen LogP contribution in [0.3, 0.4) is 0 Å². The van der Waals surface area contributed by atoms with E-state index in [0.29, 0.717) is 17.6 Å². The summed E-state index contributed by atoms with van der Waals surface area (Å²) in [6.45, 7) is 1.76. The Labute approximate surface area is 143 Å². The van der Waals surface area contributed by atoms with Crippen molar-refractivity contribution in [1.82, 2.24) is 34.3 Å². The second-order valence-electron chi connectivity index (χ2n) is 6.93. The molecule has 2 aliphatic rings. The van der Waals surface area contributed by atoms with Crippen LogP contribution in [-0.4, -0.2) is 47.4 Å². The minimum absolute atomic E-state index is 0.0231. The van der Waals surface area contributed by atoms with Crippen LogP contribution >= 0.6 is 0 Å². The van der Waals surface area contributed by atoms with Crippen LogP contribution in [0.2, 0.25) is 0 Å². The molecule has 0 radical (unpaired) electrons. The predicted molar refractivity (Wildman–Crippen MR) is 91.6 cm³/mol. The molecule has 9 nitrogen and oxygen atoms in total. The van der Waals surface area contributed by atoms with Crippen molar-refractivity contribution < 1.29 is 0 Å². The third kappa shape index (κ3) is 2.33. The lowest BCUT2D eigenvalue weighted by Gasteiger charge is -2.32. The monoisotopic (exact) mass is 340 g/mol. The molecule has 0 aromatic carbocycles. The van der Waals surface area contributed by atoms with E-state index in [0.717, 1.165) is 55.9 Å². The third-order valence-corrected chi connectivity index (χ3v) is 5.26. The van der Waals surface area contributed by atoms with Crippen LogP contribution in [0.1, 0.15) is 43.5 Å². The number of rotatable bonds is 3. The van der Waals surface area contributed by atoms with E-state index in [-0.39, 0.29) is 5.69 Å². The SMILES string of the molecule is Cn1nc(C2CCN(c3ncnc4nc[nH]c34)CC2)n(C2CC2)c1=O. The van der Waals surface area contributed by atoms with Crippen molar-refractivity contribution in [3.05, 3.63) is 29.0 Å². The maximum atomic E-state index is 12.3. The van der Waals surface area contributed by atoms with Gasteiger partial charge in [0.25, 0.3) is 0 Å². The molecule has 0 amide bonds. The molecule has 1 N–H and O–H groups in total. The quantitative estimate of drug-likeness (QED) is 0.763. The molecule has 5 rings (SSSR count). The normalized spacial score (nSPS) is 19.0. The summed E-state index contributed by atoms with van der Waals surface area (Å²) in [5, 5.41) is 4.54. The van der Waals surface area contributed by atoms with Crippen LogP contribution in [0.15, 0.2) is 17.4 Å². The third-order valence-electron chi connectivity index (χ3n) is 5.26. The molecule has 3 aromatic heterocycles. The van der Waals surface area contributed by atoms with Crippen molar-refractivity contribution in [1.29, 1.82) is 0 Å². The molecule has 2 fully saturated rings. The molecule has 25 heavy (non-hydrogen) atoms. The average Bonchev–Trinajstić information content (AvgIpc) is 3.27. The fraction of sp³-hybridized carbons (Fsp3) is 0.562. The Balaban J connectivity index is 1.39. The number of hydrogen-bond donors (Lipinski definition) is 1. The highest BCUT2D eigenvalue weighted by Gasteiger charge is 2.34. The summed E-state index contributed by atoms with van der Waals surface area (Å²) in [5.41, 5.74) is 1.60. The predicted octanol–water partition coefficient (Wildman–Crippen LogP) is 0.967. The van der Waals surface area contributed by atoms with E-state index in [1.807, 2.05) is 4.57 Å². The largest absolute Gasteiger partial charge is 0.355 e. The van der Waals surface area contributed by atoms with Crippen LogP contribution in [0.25, 0.3) is 11.2 Å². The molecule has 3 aromatic rings. The molecule has 0 unspecified atom stereocenters. The fourth-order valence-corrected chi connectivity index (χ4v) is 3.79. The van der Waals surface area contributed by atoms with Gasteiger partial charge in [0.2, 0.25) is 0 Å². The minimum Gasteiger partial charge on any atom is -0.355 e. The molecule has 0 bridgehead atoms. The van der Waals surface area contributed by atoms with Gasteiger partial charge in [0.05, 0.1) is 6.33 Å². The zero-order valence-electron chi connectivity index (χ0n) is 14.1. The van der Waals surface area contributed by atoms with Crippen LogP contribution < -0.4 is 10.6 Å². The van der Waals surface area contributed by atoms with Gasteiger partial charge < -0.3 is 9.88 Å². The van der Waals surface area contributed by atoms with E-state index >= 15 is 0 Å². The number of aryl methyl sites for hydroxylation is 1. The number of nitrogens with one attached hydrogen (secondary N) is 1. The van der Waals surface area contributed by atoms with E-state index in [4.69, 9.17) is 0 Å². The smallest absolute Gasteiger partial charge is 0.345 e. The molecule has 9 heteroatoms. The topological polar surface area (TPSA) is 97.5 Å². The van der Waals surface area contributed by atoms with Gasteiger partial charge in [-0.25, -0.2) is 24.4 Å². The Bertz CT molecular complexity index is 974. The van der Waals surface area contributed by atoms with Crippen molar-refractivity contribution in [2.24, 2.45) is 7.05 Å². The highest BCUT2D eigenvalue weighted by Crippen LogP contribution is 2.38. The van der Waals surface area contributed by atoms with Gasteiger partial charge in [0.1, 0.15) is 17.7 Å². The van der Waals surface area contributed by atoms with Crippen molar-refractivity contribution in [3.63, 3.8) is 0 Å². The molecule has 1 saturated heterocycles. The lowest BCUT2D eigenvalue weighted by atomic mass is 9.96. The van der Waals surface area contributed by atoms with Gasteiger partial charge in [0.15, 0.2) is 11.5 Å². The summed E-state index contributed by atoms with van der Waals surface area (Å²) in [5.74, 6) is 2.19. The molecule has 1 saturated carbocycles. The second kappa shape index (κ2) is 5.40. The van der Waals surface area contributed by atoms with Crippen molar-refractivity contribution >= 4 is 17.0 Å². The Morgan fingerprint density at radius 1 is 1.12 bits per heavy atom. The Hall–Kier alpha value is -2.71. The van der Waals surface area contributed by atoms with E-state index in [1.54, 1.807) is 19.7 Å². The van der Waals surface area contributed by atoms with Crippen LogP contribution in [0.4, 0.5) is 5.82 Å². The second-order valence-corrected chi connectivity index (χ2v) is 6.93. The van der Waals surface area contributed by atoms with Gasteiger partial charge >= 0.3 is 5.69 Å². The number of aromatic amines is 1. The lowest BCUT2D eigenvalue weighted by Crippen LogP contribution is -2.35. The fourth-order valence-electron chi connectivity index (χ4n) is 3.79. The van der Waals surface area contributed by atoms with Gasteiger partial charge in [-0.05, 0) is 25.7 Å². The number of H-pyrrole nitrogens is 1. The Morgan fingerprint density at radius 3 is 2.68 bits per heavy atom. The van der Waals surface area contributed by atoms with E-state index in [1.165, 1.54) is 4.68 Å². The molecular weight excluding hydrogens is 320 g/mol. The summed E-state index contributed by atoms with van der Waals surface area (Å²) in [6.07, 6.45) is 7.32. The zero-order valence-corrected chi connectivity index (χ0v) is 14.1. The van der Waals surface area contributed by atoms with Crippen LogP contribution in [0, 0.1) is 0 Å². The molecule has 4 heterocycles. The number of anilines is 1. The average molecular weight is 340 g/mol. The molecule has 1 aliphatic carbocycles. The van der Waals surface area contributed by atoms with Crippen molar-refractivity contribution in [2.45, 2.75) is 37.6 Å². The Morgan fingerprint density at radius 2 is 1.92 bits per heavy atom. The number of hydrogen-bond acceptors (Lipinski definition) is 6. The summed E-state index contributed by atoms with van der Waals surface area (Å²) >= 11 is 0. The van der Waals surface area contributed by atoms with Crippen LogP contribution in [0.5, 0.6) is 0 Å². The molecule has 0 atom stereocenters. The standard InChI is InChI=1S/C16H20N8O/c1-22-16(25)24(11-2-3-11)14(21-22)10-4-6-23(7-5-10)15-12-13(18-8-17-12)19-9-20-15/h8-11H,2-7H2,1H3,(H,17,18,19,20). The number of fused-ring (bicyclic) bond motifs is 1. The number of aromatic nitrogens is 7. The van der Waals surface area contributed by atoms with Gasteiger partial charge in [-0.1, -0.05) is 0 Å².